The van der Waals surface area contributed by atoms with E-state index in [1.165, 1.54) is 17.0 Å². The fourth-order valence-corrected chi connectivity index (χ4v) is 3.41. The summed E-state index contributed by atoms with van der Waals surface area (Å²) < 4.78 is 18.8. The normalized spacial score (nSPS) is 19.2. The maximum absolute atomic E-state index is 13.3. The van der Waals surface area contributed by atoms with E-state index in [2.05, 4.69) is 25.8 Å². The van der Waals surface area contributed by atoms with Gasteiger partial charge in [0.2, 0.25) is 5.91 Å². The largest absolute Gasteiger partial charge is 0.379 e. The molecule has 9 nitrogen and oxygen atoms in total. The van der Waals surface area contributed by atoms with Crippen LogP contribution in [0.2, 0.25) is 0 Å². The van der Waals surface area contributed by atoms with Gasteiger partial charge in [0.25, 0.3) is 0 Å². The molecule has 0 spiro atoms. The summed E-state index contributed by atoms with van der Waals surface area (Å²) in [6.45, 7) is 4.17. The van der Waals surface area contributed by atoms with E-state index in [4.69, 9.17) is 4.74 Å². The first kappa shape index (κ1) is 21.0. The molecule has 2 saturated heterocycles. The summed E-state index contributed by atoms with van der Waals surface area (Å²) >= 11 is 0. The Kier molecular flexibility index (Phi) is 7.36. The number of benzene rings is 1. The summed E-state index contributed by atoms with van der Waals surface area (Å²) in [5.74, 6) is 0.0706. The van der Waals surface area contributed by atoms with Crippen molar-refractivity contribution in [1.29, 1.82) is 0 Å². The number of guanidine groups is 1. The van der Waals surface area contributed by atoms with Crippen LogP contribution in [0.25, 0.3) is 0 Å². The van der Waals surface area contributed by atoms with Gasteiger partial charge in [-0.2, -0.15) is 0 Å². The number of nitrogens with one attached hydrogen (secondary N) is 3. The molecule has 1 atom stereocenters. The summed E-state index contributed by atoms with van der Waals surface area (Å²) in [5, 5.41) is 8.90. The number of imide groups is 1. The van der Waals surface area contributed by atoms with Crippen molar-refractivity contribution in [2.45, 2.75) is 6.04 Å². The molecule has 0 aromatic heterocycles. The summed E-state index contributed by atoms with van der Waals surface area (Å²) in [6, 6.07) is 6.19. The molecule has 158 valence electrons. The number of nitrogens with zero attached hydrogens (tertiary/aromatic N) is 3. The molecule has 10 heteroatoms. The van der Waals surface area contributed by atoms with E-state index in [0.29, 0.717) is 32.3 Å². The Hall–Kier alpha value is -2.72. The second-order valence-corrected chi connectivity index (χ2v) is 6.80. The van der Waals surface area contributed by atoms with Crippen LogP contribution in [0.1, 0.15) is 11.6 Å². The lowest BCUT2D eigenvalue weighted by atomic mass is 10.0. The lowest BCUT2D eigenvalue weighted by Crippen LogP contribution is -2.47. The minimum absolute atomic E-state index is 0.0315. The van der Waals surface area contributed by atoms with Crippen LogP contribution in [-0.4, -0.2) is 87.2 Å². The number of ether oxygens (including phenoxy) is 1. The highest BCUT2D eigenvalue weighted by atomic mass is 19.1. The average molecular weight is 406 g/mol. The average Bonchev–Trinajstić information content (AvgIpc) is 3.06. The second-order valence-electron chi connectivity index (χ2n) is 6.80. The van der Waals surface area contributed by atoms with Crippen LogP contribution in [-0.2, 0) is 9.53 Å². The van der Waals surface area contributed by atoms with Gasteiger partial charge in [0.05, 0.1) is 25.8 Å². The summed E-state index contributed by atoms with van der Waals surface area (Å²) in [7, 11) is 1.66. The molecule has 3 rings (SSSR count). The molecule has 3 amide bonds. The lowest BCUT2D eigenvalue weighted by molar-refractivity contribution is -0.124. The summed E-state index contributed by atoms with van der Waals surface area (Å²) in [6.07, 6.45) is 0. The quantitative estimate of drug-likeness (QED) is 0.333. The molecule has 2 aliphatic heterocycles. The van der Waals surface area contributed by atoms with Crippen molar-refractivity contribution in [3.05, 3.63) is 35.6 Å². The van der Waals surface area contributed by atoms with Crippen LogP contribution < -0.4 is 16.0 Å². The first-order valence-electron chi connectivity index (χ1n) is 9.68. The van der Waals surface area contributed by atoms with Crippen LogP contribution >= 0.6 is 0 Å². The first-order chi connectivity index (χ1) is 14.1. The molecule has 1 aromatic carbocycles. The van der Waals surface area contributed by atoms with Crippen molar-refractivity contribution in [2.24, 2.45) is 4.99 Å². The zero-order chi connectivity index (χ0) is 20.6. The third-order valence-electron chi connectivity index (χ3n) is 4.99. The third kappa shape index (κ3) is 5.64. The molecule has 0 aliphatic carbocycles. The highest BCUT2D eigenvalue weighted by Crippen LogP contribution is 2.21. The molecule has 0 bridgehead atoms. The second kappa shape index (κ2) is 10.2. The minimum atomic E-state index is -0.372. The zero-order valence-corrected chi connectivity index (χ0v) is 16.5. The SMILES string of the molecule is CN=C(NCCN1C(=O)CNC1=O)NCC(c1ccc(F)cc1)N1CCOCC1. The van der Waals surface area contributed by atoms with Gasteiger partial charge in [0.1, 0.15) is 5.82 Å². The Morgan fingerprint density at radius 1 is 1.24 bits per heavy atom. The van der Waals surface area contributed by atoms with Gasteiger partial charge >= 0.3 is 6.03 Å². The van der Waals surface area contributed by atoms with Gasteiger partial charge in [-0.05, 0) is 17.7 Å². The van der Waals surface area contributed by atoms with Crippen molar-refractivity contribution in [1.82, 2.24) is 25.8 Å². The van der Waals surface area contributed by atoms with E-state index >= 15 is 0 Å². The Balaban J connectivity index is 1.55. The Morgan fingerprint density at radius 2 is 1.97 bits per heavy atom. The molecule has 1 unspecified atom stereocenters. The zero-order valence-electron chi connectivity index (χ0n) is 16.5. The maximum atomic E-state index is 13.3. The van der Waals surface area contributed by atoms with Crippen molar-refractivity contribution in [3.8, 4) is 0 Å². The molecule has 2 aliphatic rings. The molecule has 3 N–H and O–H groups in total. The van der Waals surface area contributed by atoms with Gasteiger partial charge in [-0.1, -0.05) is 12.1 Å². The third-order valence-corrected chi connectivity index (χ3v) is 4.99. The van der Waals surface area contributed by atoms with E-state index in [9.17, 15) is 14.0 Å². The topological polar surface area (TPSA) is 98.3 Å². The predicted molar refractivity (Wildman–Crippen MR) is 106 cm³/mol. The molecule has 0 saturated carbocycles. The van der Waals surface area contributed by atoms with E-state index in [0.717, 1.165) is 18.7 Å². The van der Waals surface area contributed by atoms with Crippen molar-refractivity contribution in [2.75, 3.05) is 59.5 Å². The number of rotatable bonds is 7. The van der Waals surface area contributed by atoms with Crippen LogP contribution in [0.5, 0.6) is 0 Å². The number of hydrogen-bond donors (Lipinski definition) is 3. The highest BCUT2D eigenvalue weighted by Gasteiger charge is 2.28. The van der Waals surface area contributed by atoms with Crippen molar-refractivity contribution >= 4 is 17.9 Å². The van der Waals surface area contributed by atoms with Crippen molar-refractivity contribution < 1.29 is 18.7 Å². The Morgan fingerprint density at radius 3 is 2.59 bits per heavy atom. The minimum Gasteiger partial charge on any atom is -0.379 e. The number of amides is 3. The van der Waals surface area contributed by atoms with E-state index in [1.54, 1.807) is 19.2 Å². The van der Waals surface area contributed by atoms with Gasteiger partial charge in [-0.3, -0.25) is 19.6 Å². The van der Waals surface area contributed by atoms with E-state index < -0.39 is 0 Å². The molecule has 1 aromatic rings. The highest BCUT2D eigenvalue weighted by molar-refractivity contribution is 6.01. The fourth-order valence-electron chi connectivity index (χ4n) is 3.41. The van der Waals surface area contributed by atoms with Gasteiger partial charge in [-0.15, -0.1) is 0 Å². The molecule has 29 heavy (non-hydrogen) atoms. The number of urea groups is 1. The van der Waals surface area contributed by atoms with Crippen LogP contribution in [0.3, 0.4) is 0 Å². The first-order valence-corrected chi connectivity index (χ1v) is 9.68. The van der Waals surface area contributed by atoms with Crippen LogP contribution in [0, 0.1) is 5.82 Å². The molecule has 2 heterocycles. The van der Waals surface area contributed by atoms with Gasteiger partial charge in [-0.25, -0.2) is 9.18 Å². The standard InChI is InChI=1S/C19H27FN6O3/c1-21-18(22-6-7-26-17(27)13-24-19(26)28)23-12-16(25-8-10-29-11-9-25)14-2-4-15(20)5-3-14/h2-5,16H,6-13H2,1H3,(H,24,28)(H2,21,22,23). The van der Waals surface area contributed by atoms with Crippen LogP contribution in [0.4, 0.5) is 9.18 Å². The predicted octanol–water partition coefficient (Wildman–Crippen LogP) is -0.0842. The molecule has 0 radical (unpaired) electrons. The number of carbonyl (C=O) groups excluding carboxylic acids is 2. The van der Waals surface area contributed by atoms with E-state index in [1.807, 2.05) is 0 Å². The molecule has 2 fully saturated rings. The number of halogens is 1. The number of hydrogen-bond acceptors (Lipinski definition) is 5. The molecular formula is C19H27FN6O3. The number of morpholine rings is 1. The fraction of sp³-hybridized carbons (Fsp3) is 0.526. The number of aliphatic imine (C=N–C) groups is 1. The summed E-state index contributed by atoms with van der Waals surface area (Å²) in [5.41, 5.74) is 1.01. The lowest BCUT2D eigenvalue weighted by Gasteiger charge is -2.35. The maximum Gasteiger partial charge on any atom is 0.324 e. The van der Waals surface area contributed by atoms with Crippen LogP contribution in [0.15, 0.2) is 29.3 Å². The Labute approximate surface area is 169 Å². The van der Waals surface area contributed by atoms with Crippen molar-refractivity contribution in [3.63, 3.8) is 0 Å². The van der Waals surface area contributed by atoms with Gasteiger partial charge in [0, 0.05) is 39.8 Å². The Bertz CT molecular complexity index is 720. The number of carbonyl (C=O) groups is 2. The molecular weight excluding hydrogens is 379 g/mol. The monoisotopic (exact) mass is 406 g/mol. The smallest absolute Gasteiger partial charge is 0.324 e. The van der Waals surface area contributed by atoms with Gasteiger partial charge < -0.3 is 20.7 Å². The summed E-state index contributed by atoms with van der Waals surface area (Å²) in [4.78, 5) is 30.9. The van der Waals surface area contributed by atoms with Gasteiger partial charge in [0.15, 0.2) is 5.96 Å². The van der Waals surface area contributed by atoms with E-state index in [-0.39, 0.29) is 36.9 Å².